The molecule has 0 aliphatic carbocycles. The van der Waals surface area contributed by atoms with Gasteiger partial charge < -0.3 is 14.2 Å². The third kappa shape index (κ3) is 7.88. The number of carbonyl (C=O) groups excluding carboxylic acids is 3. The Morgan fingerprint density at radius 1 is 0.800 bits per heavy atom. The van der Waals surface area contributed by atoms with Crippen LogP contribution in [0.4, 0.5) is 0 Å². The molecule has 166 valence electrons. The number of hydrogen-bond acceptors (Lipinski definition) is 6. The second kappa shape index (κ2) is 13.9. The Hall–Kier alpha value is -2.25. The summed E-state index contributed by atoms with van der Waals surface area (Å²) in [6.07, 6.45) is 7.31. The molecule has 1 aromatic rings. The predicted molar refractivity (Wildman–Crippen MR) is 112 cm³/mol. The standard InChI is InChI=1S/C23H33NO6/c1-2-3-4-5-6-7-12-21(25)30-18-17-29-16-15-28-14-13-24-22(26)19-10-8-9-11-20(19)23(24)27/h8-11H,2-7,12-18H2,1H3. The molecule has 2 amide bonds. The first-order chi connectivity index (χ1) is 14.6. The van der Waals surface area contributed by atoms with E-state index in [2.05, 4.69) is 6.92 Å². The van der Waals surface area contributed by atoms with Crippen LogP contribution in [0.15, 0.2) is 24.3 Å². The van der Waals surface area contributed by atoms with E-state index in [1.807, 2.05) is 0 Å². The summed E-state index contributed by atoms with van der Waals surface area (Å²) in [7, 11) is 0. The number of nitrogens with zero attached hydrogens (tertiary/aromatic N) is 1. The molecule has 1 aliphatic heterocycles. The van der Waals surface area contributed by atoms with Gasteiger partial charge >= 0.3 is 5.97 Å². The Morgan fingerprint density at radius 3 is 2.03 bits per heavy atom. The van der Waals surface area contributed by atoms with Crippen LogP contribution in [-0.4, -0.2) is 62.3 Å². The topological polar surface area (TPSA) is 82.1 Å². The highest BCUT2D eigenvalue weighted by atomic mass is 16.6. The Kier molecular flexibility index (Phi) is 11.1. The molecular weight excluding hydrogens is 386 g/mol. The second-order valence-corrected chi connectivity index (χ2v) is 7.27. The zero-order chi connectivity index (χ0) is 21.6. The number of benzene rings is 1. The Labute approximate surface area is 178 Å². The lowest BCUT2D eigenvalue weighted by atomic mass is 10.1. The van der Waals surface area contributed by atoms with Crippen LogP contribution in [0, 0.1) is 0 Å². The average molecular weight is 420 g/mol. The third-order valence-electron chi connectivity index (χ3n) is 4.93. The summed E-state index contributed by atoms with van der Waals surface area (Å²) >= 11 is 0. The molecule has 0 bridgehead atoms. The molecule has 30 heavy (non-hydrogen) atoms. The monoisotopic (exact) mass is 419 g/mol. The van der Waals surface area contributed by atoms with Crippen LogP contribution in [0.25, 0.3) is 0 Å². The van der Waals surface area contributed by atoms with Gasteiger partial charge in [-0.15, -0.1) is 0 Å². The molecule has 0 radical (unpaired) electrons. The number of rotatable bonds is 16. The number of hydrogen-bond donors (Lipinski definition) is 0. The number of unbranched alkanes of at least 4 members (excludes halogenated alkanes) is 5. The second-order valence-electron chi connectivity index (χ2n) is 7.27. The molecule has 0 aromatic heterocycles. The van der Waals surface area contributed by atoms with E-state index in [0.717, 1.165) is 12.8 Å². The number of imide groups is 1. The quantitative estimate of drug-likeness (QED) is 0.231. The van der Waals surface area contributed by atoms with Gasteiger partial charge in [-0.1, -0.05) is 51.2 Å². The fraction of sp³-hybridized carbons (Fsp3) is 0.609. The number of amides is 2. The van der Waals surface area contributed by atoms with Gasteiger partial charge in [-0.2, -0.15) is 0 Å². The first-order valence-electron chi connectivity index (χ1n) is 10.9. The van der Waals surface area contributed by atoms with Crippen molar-refractivity contribution in [2.45, 2.75) is 51.9 Å². The van der Waals surface area contributed by atoms with Gasteiger partial charge in [0.25, 0.3) is 11.8 Å². The molecule has 0 unspecified atom stereocenters. The molecule has 1 aromatic carbocycles. The summed E-state index contributed by atoms with van der Waals surface area (Å²) in [4.78, 5) is 37.2. The lowest BCUT2D eigenvalue weighted by Crippen LogP contribution is -2.33. The zero-order valence-electron chi connectivity index (χ0n) is 17.9. The molecule has 1 aliphatic rings. The summed E-state index contributed by atoms with van der Waals surface area (Å²) in [5.74, 6) is -0.734. The van der Waals surface area contributed by atoms with Gasteiger partial charge in [-0.05, 0) is 18.6 Å². The van der Waals surface area contributed by atoms with E-state index in [-0.39, 0.29) is 37.5 Å². The van der Waals surface area contributed by atoms with Crippen molar-refractivity contribution in [3.05, 3.63) is 35.4 Å². The van der Waals surface area contributed by atoms with Gasteiger partial charge in [0.15, 0.2) is 0 Å². The maximum absolute atomic E-state index is 12.2. The number of fused-ring (bicyclic) bond motifs is 1. The van der Waals surface area contributed by atoms with Crippen molar-refractivity contribution >= 4 is 17.8 Å². The number of carbonyl (C=O) groups is 3. The predicted octanol–water partition coefficient (Wildman–Crippen LogP) is 3.61. The van der Waals surface area contributed by atoms with Crippen LogP contribution in [0.1, 0.15) is 72.6 Å². The molecule has 0 saturated heterocycles. The van der Waals surface area contributed by atoms with Gasteiger partial charge in [0.1, 0.15) is 6.61 Å². The molecule has 1 heterocycles. The summed E-state index contributed by atoms with van der Waals surface area (Å²) < 4.78 is 15.9. The van der Waals surface area contributed by atoms with E-state index in [1.165, 1.54) is 30.6 Å². The average Bonchev–Trinajstić information content (AvgIpc) is 3.00. The van der Waals surface area contributed by atoms with Crippen LogP contribution in [-0.2, 0) is 19.0 Å². The van der Waals surface area contributed by atoms with E-state index in [4.69, 9.17) is 14.2 Å². The maximum atomic E-state index is 12.2. The summed E-state index contributed by atoms with van der Waals surface area (Å²) in [6, 6.07) is 6.80. The fourth-order valence-electron chi connectivity index (χ4n) is 3.26. The third-order valence-corrected chi connectivity index (χ3v) is 4.93. The van der Waals surface area contributed by atoms with Gasteiger partial charge in [-0.25, -0.2) is 0 Å². The van der Waals surface area contributed by atoms with Crippen molar-refractivity contribution in [3.8, 4) is 0 Å². The van der Waals surface area contributed by atoms with Gasteiger partial charge in [0.2, 0.25) is 0 Å². The Balaban J connectivity index is 1.42. The molecular formula is C23H33NO6. The Bertz CT molecular complexity index is 655. The minimum atomic E-state index is -0.279. The van der Waals surface area contributed by atoms with Crippen molar-refractivity contribution in [2.75, 3.05) is 39.6 Å². The SMILES string of the molecule is CCCCCCCCC(=O)OCCOCCOCCN1C(=O)c2ccccc2C1=O. The lowest BCUT2D eigenvalue weighted by Gasteiger charge is -2.13. The van der Waals surface area contributed by atoms with E-state index < -0.39 is 0 Å². The summed E-state index contributed by atoms with van der Waals surface area (Å²) in [5.41, 5.74) is 0.883. The highest BCUT2D eigenvalue weighted by Gasteiger charge is 2.34. The first kappa shape index (κ1) is 24.0. The molecule has 0 saturated carbocycles. The van der Waals surface area contributed by atoms with Crippen LogP contribution in [0.3, 0.4) is 0 Å². The van der Waals surface area contributed by atoms with Crippen LogP contribution in [0.5, 0.6) is 0 Å². The van der Waals surface area contributed by atoms with Gasteiger partial charge in [0, 0.05) is 6.42 Å². The van der Waals surface area contributed by atoms with Gasteiger partial charge in [-0.3, -0.25) is 19.3 Å². The number of ether oxygens (including phenoxy) is 3. The number of esters is 1. The van der Waals surface area contributed by atoms with Crippen molar-refractivity contribution < 1.29 is 28.6 Å². The fourth-order valence-corrected chi connectivity index (χ4v) is 3.26. The molecule has 0 N–H and O–H groups in total. The van der Waals surface area contributed by atoms with E-state index in [9.17, 15) is 14.4 Å². The molecule has 0 atom stereocenters. The largest absolute Gasteiger partial charge is 0.463 e. The molecule has 7 nitrogen and oxygen atoms in total. The molecule has 2 rings (SSSR count). The van der Waals surface area contributed by atoms with Crippen molar-refractivity contribution in [1.82, 2.24) is 4.90 Å². The Morgan fingerprint density at radius 2 is 1.37 bits per heavy atom. The lowest BCUT2D eigenvalue weighted by molar-refractivity contribution is -0.145. The summed E-state index contributed by atoms with van der Waals surface area (Å²) in [5, 5.41) is 0. The highest BCUT2D eigenvalue weighted by molar-refractivity contribution is 6.21. The molecule has 0 fully saturated rings. The van der Waals surface area contributed by atoms with Crippen LogP contribution in [0.2, 0.25) is 0 Å². The van der Waals surface area contributed by atoms with Gasteiger partial charge in [0.05, 0.1) is 44.1 Å². The van der Waals surface area contributed by atoms with Crippen molar-refractivity contribution in [3.63, 3.8) is 0 Å². The normalized spacial score (nSPS) is 13.0. The van der Waals surface area contributed by atoms with Crippen molar-refractivity contribution in [2.24, 2.45) is 0 Å². The van der Waals surface area contributed by atoms with Crippen molar-refractivity contribution in [1.29, 1.82) is 0 Å². The minimum Gasteiger partial charge on any atom is -0.463 e. The van der Waals surface area contributed by atoms with E-state index in [0.29, 0.717) is 37.4 Å². The maximum Gasteiger partial charge on any atom is 0.305 e. The van der Waals surface area contributed by atoms with Crippen LogP contribution >= 0.6 is 0 Å². The van der Waals surface area contributed by atoms with Crippen LogP contribution < -0.4 is 0 Å². The van der Waals surface area contributed by atoms with E-state index in [1.54, 1.807) is 24.3 Å². The zero-order valence-corrected chi connectivity index (χ0v) is 17.9. The smallest absolute Gasteiger partial charge is 0.305 e. The molecule has 0 spiro atoms. The highest BCUT2D eigenvalue weighted by Crippen LogP contribution is 2.21. The van der Waals surface area contributed by atoms with E-state index >= 15 is 0 Å². The first-order valence-corrected chi connectivity index (χ1v) is 10.9. The minimum absolute atomic E-state index is 0.175. The summed E-state index contributed by atoms with van der Waals surface area (Å²) in [6.45, 7) is 3.91. The molecule has 7 heteroatoms.